The molecule has 0 spiro atoms. The van der Waals surface area contributed by atoms with Crippen LogP contribution in [0.25, 0.3) is 0 Å². The van der Waals surface area contributed by atoms with Gasteiger partial charge in [0.15, 0.2) is 5.69 Å². The monoisotopic (exact) mass is 310 g/mol. The largest absolute Gasteiger partial charge is 0.436 e. The van der Waals surface area contributed by atoms with Crippen molar-refractivity contribution in [3.63, 3.8) is 0 Å². The molecule has 0 saturated carbocycles. The second-order valence-corrected chi connectivity index (χ2v) is 5.57. The molecule has 0 unspecified atom stereocenters. The van der Waals surface area contributed by atoms with Crippen molar-refractivity contribution in [3.8, 4) is 0 Å². The first-order chi connectivity index (χ1) is 10.4. The average Bonchev–Trinajstić information content (AvgIpc) is 2.90. The van der Waals surface area contributed by atoms with E-state index in [1.165, 1.54) is 12.5 Å². The van der Waals surface area contributed by atoms with Gasteiger partial charge in [0.05, 0.1) is 0 Å². The maximum Gasteiger partial charge on any atom is 0.436 e. The van der Waals surface area contributed by atoms with E-state index in [-0.39, 0.29) is 11.8 Å². The summed E-state index contributed by atoms with van der Waals surface area (Å²) in [6, 6.07) is 10.3. The molecule has 0 atom stereocenters. The number of nitrogens with zero attached hydrogens (tertiary/aromatic N) is 2. The Labute approximate surface area is 126 Å². The molecule has 1 aliphatic heterocycles. The van der Waals surface area contributed by atoms with Crippen molar-refractivity contribution in [2.75, 3.05) is 18.0 Å². The van der Waals surface area contributed by atoms with Crippen molar-refractivity contribution in [1.29, 1.82) is 0 Å². The van der Waals surface area contributed by atoms with Crippen LogP contribution in [0.1, 0.15) is 35.8 Å². The molecule has 1 saturated heterocycles. The summed E-state index contributed by atoms with van der Waals surface area (Å²) >= 11 is 0. The van der Waals surface area contributed by atoms with E-state index in [2.05, 4.69) is 17.1 Å². The number of aryl methyl sites for hydroxylation is 1. The van der Waals surface area contributed by atoms with E-state index in [0.717, 1.165) is 12.8 Å². The predicted molar refractivity (Wildman–Crippen MR) is 76.9 cm³/mol. The molecule has 22 heavy (non-hydrogen) atoms. The summed E-state index contributed by atoms with van der Waals surface area (Å²) in [5.74, 6) is 0.267. The lowest BCUT2D eigenvalue weighted by Crippen LogP contribution is -2.33. The minimum absolute atomic E-state index is 0.0799. The second-order valence-electron chi connectivity index (χ2n) is 5.57. The zero-order chi connectivity index (χ0) is 15.7. The van der Waals surface area contributed by atoms with E-state index in [4.69, 9.17) is 4.42 Å². The summed E-state index contributed by atoms with van der Waals surface area (Å²) in [7, 11) is 0. The molecule has 0 radical (unpaired) electrons. The zero-order valence-corrected chi connectivity index (χ0v) is 12.2. The molecule has 2 aromatic rings. The van der Waals surface area contributed by atoms with Gasteiger partial charge in [-0.25, -0.2) is 0 Å². The third kappa shape index (κ3) is 2.96. The van der Waals surface area contributed by atoms with E-state index in [1.807, 2.05) is 18.2 Å². The van der Waals surface area contributed by atoms with Gasteiger partial charge in [0, 0.05) is 13.1 Å². The fourth-order valence-electron chi connectivity index (χ4n) is 2.91. The Morgan fingerprint density at radius 1 is 1.14 bits per heavy atom. The maximum absolute atomic E-state index is 12.8. The lowest BCUT2D eigenvalue weighted by molar-refractivity contribution is -0.141. The van der Waals surface area contributed by atoms with Crippen LogP contribution >= 0.6 is 0 Å². The van der Waals surface area contributed by atoms with Crippen molar-refractivity contribution in [2.45, 2.75) is 31.9 Å². The number of halogens is 3. The molecule has 6 heteroatoms. The molecular weight excluding hydrogens is 293 g/mol. The van der Waals surface area contributed by atoms with Gasteiger partial charge in [-0.15, -0.1) is 0 Å². The summed E-state index contributed by atoms with van der Waals surface area (Å²) in [5, 5.41) is 0. The van der Waals surface area contributed by atoms with E-state index in [9.17, 15) is 13.2 Å². The molecule has 0 aliphatic carbocycles. The third-order valence-electron chi connectivity index (χ3n) is 4.09. The van der Waals surface area contributed by atoms with E-state index < -0.39 is 11.9 Å². The van der Waals surface area contributed by atoms with Gasteiger partial charge in [-0.1, -0.05) is 30.3 Å². The normalized spacial score (nSPS) is 17.0. The van der Waals surface area contributed by atoms with Crippen molar-refractivity contribution >= 4 is 6.01 Å². The molecule has 3 nitrogen and oxygen atoms in total. The Balaban J connectivity index is 1.69. The Morgan fingerprint density at radius 2 is 1.77 bits per heavy atom. The lowest BCUT2D eigenvalue weighted by Gasteiger charge is -2.31. The number of hydrogen-bond donors (Lipinski definition) is 0. The van der Waals surface area contributed by atoms with Crippen LogP contribution in [0.2, 0.25) is 0 Å². The zero-order valence-electron chi connectivity index (χ0n) is 12.2. The SMILES string of the molecule is Cc1oc(N2CCC(c3ccccc3)CC2)nc1C(F)(F)F. The summed E-state index contributed by atoms with van der Waals surface area (Å²) in [6.45, 7) is 2.60. The summed E-state index contributed by atoms with van der Waals surface area (Å²) in [4.78, 5) is 5.43. The fraction of sp³-hybridized carbons (Fsp3) is 0.438. The smallest absolute Gasteiger partial charge is 0.428 e. The second kappa shape index (κ2) is 5.66. The van der Waals surface area contributed by atoms with Crippen LogP contribution in [0, 0.1) is 6.92 Å². The predicted octanol–water partition coefficient (Wildman–Crippen LogP) is 4.39. The molecule has 1 aromatic carbocycles. The number of rotatable bonds is 2. The van der Waals surface area contributed by atoms with Crippen molar-refractivity contribution in [1.82, 2.24) is 4.98 Å². The van der Waals surface area contributed by atoms with Gasteiger partial charge in [0.25, 0.3) is 6.01 Å². The summed E-state index contributed by atoms with van der Waals surface area (Å²) < 4.78 is 43.5. The molecule has 1 fully saturated rings. The molecule has 118 valence electrons. The van der Waals surface area contributed by atoms with Gasteiger partial charge >= 0.3 is 6.18 Å². The molecule has 3 rings (SSSR count). The molecule has 0 amide bonds. The minimum atomic E-state index is -4.46. The van der Waals surface area contributed by atoms with Crippen LogP contribution in [0.3, 0.4) is 0 Å². The summed E-state index contributed by atoms with van der Waals surface area (Å²) in [5.41, 5.74) is 0.356. The highest BCUT2D eigenvalue weighted by Gasteiger charge is 2.38. The first-order valence-electron chi connectivity index (χ1n) is 7.29. The highest BCUT2D eigenvalue weighted by atomic mass is 19.4. The average molecular weight is 310 g/mol. The number of anilines is 1. The van der Waals surface area contributed by atoms with E-state index >= 15 is 0 Å². The van der Waals surface area contributed by atoms with E-state index in [0.29, 0.717) is 19.0 Å². The van der Waals surface area contributed by atoms with Crippen molar-refractivity contribution in [3.05, 3.63) is 47.3 Å². The van der Waals surface area contributed by atoms with Gasteiger partial charge < -0.3 is 9.32 Å². The van der Waals surface area contributed by atoms with Gasteiger partial charge in [0.1, 0.15) is 5.76 Å². The van der Waals surface area contributed by atoms with Crippen molar-refractivity contribution < 1.29 is 17.6 Å². The molecule has 1 aliphatic rings. The van der Waals surface area contributed by atoms with Crippen LogP contribution in [0.5, 0.6) is 0 Å². The maximum atomic E-state index is 12.8. The first-order valence-corrected chi connectivity index (χ1v) is 7.29. The summed E-state index contributed by atoms with van der Waals surface area (Å²) in [6.07, 6.45) is -2.70. The van der Waals surface area contributed by atoms with Gasteiger partial charge in [-0.3, -0.25) is 0 Å². The van der Waals surface area contributed by atoms with Gasteiger partial charge in [-0.2, -0.15) is 18.2 Å². The Hall–Kier alpha value is -1.98. The third-order valence-corrected chi connectivity index (χ3v) is 4.09. The molecule has 1 aromatic heterocycles. The molecule has 0 bridgehead atoms. The molecule has 0 N–H and O–H groups in total. The molecule has 2 heterocycles. The van der Waals surface area contributed by atoms with Crippen LogP contribution in [0.15, 0.2) is 34.7 Å². The Kier molecular flexibility index (Phi) is 3.85. The van der Waals surface area contributed by atoms with Crippen LogP contribution in [-0.4, -0.2) is 18.1 Å². The van der Waals surface area contributed by atoms with Gasteiger partial charge in [0.2, 0.25) is 0 Å². The number of piperidine rings is 1. The van der Waals surface area contributed by atoms with Crippen LogP contribution < -0.4 is 4.90 Å². The fourth-order valence-corrected chi connectivity index (χ4v) is 2.91. The number of alkyl halides is 3. The number of oxazole rings is 1. The number of aromatic nitrogens is 1. The Bertz CT molecular complexity index is 629. The highest BCUT2D eigenvalue weighted by molar-refractivity contribution is 5.33. The minimum Gasteiger partial charge on any atom is -0.428 e. The van der Waals surface area contributed by atoms with Crippen LogP contribution in [0.4, 0.5) is 19.2 Å². The topological polar surface area (TPSA) is 29.3 Å². The lowest BCUT2D eigenvalue weighted by atomic mass is 9.90. The number of benzene rings is 1. The highest BCUT2D eigenvalue weighted by Crippen LogP contribution is 2.35. The van der Waals surface area contributed by atoms with Gasteiger partial charge in [-0.05, 0) is 31.2 Å². The van der Waals surface area contributed by atoms with Crippen LogP contribution in [-0.2, 0) is 6.18 Å². The quantitative estimate of drug-likeness (QED) is 0.824. The Morgan fingerprint density at radius 3 is 2.32 bits per heavy atom. The van der Waals surface area contributed by atoms with Crippen molar-refractivity contribution in [2.24, 2.45) is 0 Å². The molecular formula is C16H17F3N2O. The first kappa shape index (κ1) is 14.9. The number of hydrogen-bond acceptors (Lipinski definition) is 3. The van der Waals surface area contributed by atoms with E-state index in [1.54, 1.807) is 4.90 Å². The standard InChI is InChI=1S/C16H17F3N2O/c1-11-14(16(17,18)19)20-15(22-11)21-9-7-13(8-10-21)12-5-3-2-4-6-12/h2-6,13H,7-10H2,1H3.